The molecule has 0 aromatic heterocycles. The van der Waals surface area contributed by atoms with Crippen LogP contribution in [0.2, 0.25) is 0 Å². The molecule has 8 nitrogen and oxygen atoms in total. The van der Waals surface area contributed by atoms with E-state index >= 15 is 0 Å². The molecular formula is C23H30N2O6S. The summed E-state index contributed by atoms with van der Waals surface area (Å²) in [5.41, 5.74) is 1.33. The number of likely N-dealkylation sites (tertiary alicyclic amines) is 1. The van der Waals surface area contributed by atoms with Crippen molar-refractivity contribution in [3.63, 3.8) is 0 Å². The van der Waals surface area contributed by atoms with Crippen LogP contribution in [0.15, 0.2) is 36.6 Å². The monoisotopic (exact) mass is 462 g/mol. The molecule has 1 aliphatic carbocycles. The number of carbonyl (C=O) groups excluding carboxylic acids is 3. The molecule has 32 heavy (non-hydrogen) atoms. The van der Waals surface area contributed by atoms with Gasteiger partial charge in [-0.2, -0.15) is 0 Å². The highest BCUT2D eigenvalue weighted by molar-refractivity contribution is 8.00. The van der Waals surface area contributed by atoms with Crippen LogP contribution in [0.5, 0.6) is 0 Å². The number of aliphatic hydroxyl groups excluding tert-OH is 1. The van der Waals surface area contributed by atoms with E-state index in [0.717, 1.165) is 24.8 Å². The van der Waals surface area contributed by atoms with E-state index in [9.17, 15) is 19.5 Å². The molecule has 1 N–H and O–H groups in total. The number of nitrogens with zero attached hydrogens (tertiary/aromatic N) is 2. The van der Waals surface area contributed by atoms with E-state index in [4.69, 9.17) is 9.47 Å². The number of hydrogen-bond donors (Lipinski definition) is 1. The van der Waals surface area contributed by atoms with E-state index in [1.54, 1.807) is 34.6 Å². The van der Waals surface area contributed by atoms with Gasteiger partial charge in [0, 0.05) is 29.5 Å². The van der Waals surface area contributed by atoms with E-state index in [-0.39, 0.29) is 47.7 Å². The third kappa shape index (κ3) is 3.85. The average molecular weight is 463 g/mol. The summed E-state index contributed by atoms with van der Waals surface area (Å²) in [4.78, 5) is 41.1. The topological polar surface area (TPSA) is 96.4 Å². The van der Waals surface area contributed by atoms with Gasteiger partial charge in [-0.25, -0.2) is 9.59 Å². The molecule has 1 saturated carbocycles. The molecule has 0 aromatic carbocycles. The number of carbonyl (C=O) groups is 3. The molecule has 3 aliphatic heterocycles. The van der Waals surface area contributed by atoms with E-state index in [1.807, 2.05) is 0 Å². The van der Waals surface area contributed by atoms with Gasteiger partial charge >= 0.3 is 12.1 Å². The number of fused-ring (bicyclic) bond motifs is 3. The quantitative estimate of drug-likeness (QED) is 0.335. The lowest BCUT2D eigenvalue weighted by atomic mass is 9.77. The summed E-state index contributed by atoms with van der Waals surface area (Å²) in [6, 6.07) is -0.177. The van der Waals surface area contributed by atoms with Crippen molar-refractivity contribution >= 4 is 29.7 Å². The fraction of sp³-hybridized carbons (Fsp3) is 0.609. The second kappa shape index (κ2) is 9.31. The molecule has 6 atom stereocenters. The molecule has 4 aliphatic rings. The number of thioether (sulfide) groups is 1. The van der Waals surface area contributed by atoms with Crippen molar-refractivity contribution in [2.45, 2.75) is 48.8 Å². The minimum atomic E-state index is -0.759. The Balaban J connectivity index is 1.51. The first kappa shape index (κ1) is 22.9. The molecule has 1 unspecified atom stereocenters. The lowest BCUT2D eigenvalue weighted by molar-refractivity contribution is -0.164. The SMILES string of the molecule is C=CCOC(=O)C1=C2C(S[C@H]3CCN(C(=O)OCC=C)C3)CC[C@@H]2[C@@H]2[C@@H]([C@@H](C)O)C(=O)N12. The highest BCUT2D eigenvalue weighted by Crippen LogP contribution is 2.56. The standard InChI is InChI=1S/C23H30N2O6S/c1-4-10-30-22(28)20-18-15(19-17(13(3)26)21(27)25(19)20)6-7-16(18)32-14-8-9-24(12-14)23(29)31-11-5-2/h4-5,13-17,19,26H,1-2,6-12H2,3H3/t13-,14+,15+,16?,17-,19-/m1/s1. The molecule has 4 rings (SSSR count). The van der Waals surface area contributed by atoms with Crippen molar-refractivity contribution < 1.29 is 29.0 Å². The van der Waals surface area contributed by atoms with Gasteiger partial charge in [0.2, 0.25) is 5.91 Å². The lowest BCUT2D eigenvalue weighted by Gasteiger charge is -2.47. The number of hydrogen-bond acceptors (Lipinski definition) is 7. The van der Waals surface area contributed by atoms with Crippen LogP contribution in [0, 0.1) is 11.8 Å². The van der Waals surface area contributed by atoms with E-state index in [2.05, 4.69) is 13.2 Å². The third-order valence-corrected chi connectivity index (χ3v) is 8.32. The fourth-order valence-corrected chi connectivity index (χ4v) is 7.11. The van der Waals surface area contributed by atoms with Gasteiger partial charge in [0.05, 0.1) is 18.1 Å². The maximum Gasteiger partial charge on any atom is 0.410 e. The minimum Gasteiger partial charge on any atom is -0.457 e. The van der Waals surface area contributed by atoms with E-state index < -0.39 is 18.0 Å². The Hall–Kier alpha value is -2.26. The Bertz CT molecular complexity index is 855. The lowest BCUT2D eigenvalue weighted by Crippen LogP contribution is -2.63. The summed E-state index contributed by atoms with van der Waals surface area (Å²) < 4.78 is 10.5. The molecule has 3 heterocycles. The fourth-order valence-electron chi connectivity index (χ4n) is 5.44. The smallest absolute Gasteiger partial charge is 0.410 e. The summed E-state index contributed by atoms with van der Waals surface area (Å²) in [5, 5.41) is 10.5. The molecule has 2 saturated heterocycles. The first-order chi connectivity index (χ1) is 15.4. The van der Waals surface area contributed by atoms with Crippen molar-refractivity contribution in [2.24, 2.45) is 11.8 Å². The summed E-state index contributed by atoms with van der Waals surface area (Å²) >= 11 is 1.77. The number of rotatable bonds is 8. The van der Waals surface area contributed by atoms with Crippen molar-refractivity contribution in [2.75, 3.05) is 26.3 Å². The van der Waals surface area contributed by atoms with Crippen molar-refractivity contribution in [3.8, 4) is 0 Å². The molecule has 0 bridgehead atoms. The second-order valence-electron chi connectivity index (χ2n) is 8.69. The van der Waals surface area contributed by atoms with Gasteiger partial charge in [-0.15, -0.1) is 11.8 Å². The first-order valence-corrected chi connectivity index (χ1v) is 12.0. The van der Waals surface area contributed by atoms with E-state index in [0.29, 0.717) is 18.8 Å². The molecule has 9 heteroatoms. The highest BCUT2D eigenvalue weighted by atomic mass is 32.2. The molecule has 0 spiro atoms. The van der Waals surface area contributed by atoms with Crippen molar-refractivity contribution in [3.05, 3.63) is 36.6 Å². The van der Waals surface area contributed by atoms with Crippen LogP contribution in [0.25, 0.3) is 0 Å². The summed E-state index contributed by atoms with van der Waals surface area (Å²) in [6.07, 6.45) is 4.56. The van der Waals surface area contributed by atoms with Gasteiger partial charge in [-0.3, -0.25) is 4.79 Å². The molecule has 0 aromatic rings. The van der Waals surface area contributed by atoms with Gasteiger partial charge in [0.25, 0.3) is 0 Å². The molecule has 0 radical (unpaired) electrons. The first-order valence-electron chi connectivity index (χ1n) is 11.1. The van der Waals surface area contributed by atoms with Gasteiger partial charge in [-0.05, 0) is 31.8 Å². The average Bonchev–Trinajstić information content (AvgIpc) is 3.45. The second-order valence-corrected chi connectivity index (χ2v) is 10.2. The predicted molar refractivity (Wildman–Crippen MR) is 120 cm³/mol. The van der Waals surface area contributed by atoms with Crippen LogP contribution in [0.4, 0.5) is 4.79 Å². The van der Waals surface area contributed by atoms with Gasteiger partial charge in [-0.1, -0.05) is 25.3 Å². The Morgan fingerprint density at radius 2 is 1.94 bits per heavy atom. The number of ether oxygens (including phenoxy) is 2. The zero-order valence-corrected chi connectivity index (χ0v) is 19.1. The summed E-state index contributed by atoms with van der Waals surface area (Å²) in [6.45, 7) is 10.3. The minimum absolute atomic E-state index is 0.0612. The van der Waals surface area contributed by atoms with Crippen LogP contribution in [-0.2, 0) is 19.1 Å². The Kier molecular flexibility index (Phi) is 6.67. The van der Waals surface area contributed by atoms with Gasteiger partial charge in [0.15, 0.2) is 0 Å². The number of β-lactam (4-membered cyclic amide) rings is 1. The molecule has 2 amide bonds. The normalized spacial score (nSPS) is 31.7. The maximum atomic E-state index is 12.9. The molecule has 174 valence electrons. The number of esters is 1. The van der Waals surface area contributed by atoms with Crippen LogP contribution in [0.1, 0.15) is 26.2 Å². The van der Waals surface area contributed by atoms with Gasteiger partial charge in [0.1, 0.15) is 18.9 Å². The summed E-state index contributed by atoms with van der Waals surface area (Å²) in [5.74, 6) is -1.13. The van der Waals surface area contributed by atoms with Crippen LogP contribution in [0.3, 0.4) is 0 Å². The predicted octanol–water partition coefficient (Wildman–Crippen LogP) is 2.10. The van der Waals surface area contributed by atoms with Crippen molar-refractivity contribution in [1.29, 1.82) is 0 Å². The largest absolute Gasteiger partial charge is 0.457 e. The third-order valence-electron chi connectivity index (χ3n) is 6.73. The van der Waals surface area contributed by atoms with Crippen molar-refractivity contribution in [1.82, 2.24) is 9.80 Å². The zero-order valence-electron chi connectivity index (χ0n) is 18.3. The Morgan fingerprint density at radius 3 is 2.62 bits per heavy atom. The van der Waals surface area contributed by atoms with Gasteiger partial charge < -0.3 is 24.4 Å². The maximum absolute atomic E-state index is 12.9. The van der Waals surface area contributed by atoms with Crippen LogP contribution in [-0.4, -0.2) is 81.8 Å². The van der Waals surface area contributed by atoms with Crippen LogP contribution < -0.4 is 0 Å². The van der Waals surface area contributed by atoms with E-state index in [1.165, 1.54) is 6.08 Å². The molecule has 3 fully saturated rings. The zero-order chi connectivity index (χ0) is 23.0. The number of amides is 2. The number of aliphatic hydroxyl groups is 1. The summed E-state index contributed by atoms with van der Waals surface area (Å²) in [7, 11) is 0. The Morgan fingerprint density at radius 1 is 1.22 bits per heavy atom. The van der Waals surface area contributed by atoms with Crippen LogP contribution >= 0.6 is 11.8 Å². The Labute approximate surface area is 192 Å². The highest BCUT2D eigenvalue weighted by Gasteiger charge is 2.63. The molecular weight excluding hydrogens is 432 g/mol.